The molecule has 0 radical (unpaired) electrons. The van der Waals surface area contributed by atoms with Crippen molar-refractivity contribution in [2.45, 2.75) is 6.54 Å². The average molecular weight is 339 g/mol. The van der Waals surface area contributed by atoms with E-state index in [2.05, 4.69) is 5.32 Å². The molecule has 0 aliphatic heterocycles. The standard InChI is InChI=1S/C16H18N2O4.ClH/c17-13-5-6-15(22-8-7-19)14(9-13)18-10-11-1-3-12(4-2-11)16(20)21;/h1-6,9,18-19H,7-8,10,17H2,(H,20,21);1H. The molecule has 0 bridgehead atoms. The Morgan fingerprint density at radius 3 is 2.48 bits per heavy atom. The van der Waals surface area contributed by atoms with Crippen LogP contribution in [0.4, 0.5) is 11.4 Å². The van der Waals surface area contributed by atoms with Gasteiger partial charge in [-0.2, -0.15) is 0 Å². The van der Waals surface area contributed by atoms with Gasteiger partial charge < -0.3 is 26.0 Å². The van der Waals surface area contributed by atoms with Gasteiger partial charge in [0.05, 0.1) is 17.9 Å². The number of anilines is 2. The lowest BCUT2D eigenvalue weighted by atomic mass is 10.1. The Balaban J connectivity index is 0.00000264. The van der Waals surface area contributed by atoms with E-state index in [1.807, 2.05) is 0 Å². The molecule has 2 aromatic carbocycles. The van der Waals surface area contributed by atoms with Crippen molar-refractivity contribution in [3.05, 3.63) is 53.6 Å². The van der Waals surface area contributed by atoms with Crippen molar-refractivity contribution in [3.63, 3.8) is 0 Å². The largest absolute Gasteiger partial charge is 0.489 e. The molecule has 0 fully saturated rings. The third-order valence-electron chi connectivity index (χ3n) is 3.04. The van der Waals surface area contributed by atoms with Gasteiger partial charge in [0.25, 0.3) is 0 Å². The molecule has 0 unspecified atom stereocenters. The fourth-order valence-corrected chi connectivity index (χ4v) is 1.93. The van der Waals surface area contributed by atoms with Gasteiger partial charge in [0.1, 0.15) is 12.4 Å². The topological polar surface area (TPSA) is 105 Å². The van der Waals surface area contributed by atoms with Crippen LogP contribution in [0.25, 0.3) is 0 Å². The van der Waals surface area contributed by atoms with E-state index in [0.717, 1.165) is 11.3 Å². The minimum absolute atomic E-state index is 0. The zero-order chi connectivity index (χ0) is 15.9. The van der Waals surface area contributed by atoms with Crippen LogP contribution in [-0.2, 0) is 6.54 Å². The van der Waals surface area contributed by atoms with Gasteiger partial charge in [0, 0.05) is 12.2 Å². The van der Waals surface area contributed by atoms with Gasteiger partial charge in [-0.15, -0.1) is 12.4 Å². The van der Waals surface area contributed by atoms with Crippen LogP contribution in [-0.4, -0.2) is 29.4 Å². The quantitative estimate of drug-likeness (QED) is 0.578. The number of nitrogens with two attached hydrogens (primary N) is 1. The molecule has 0 saturated carbocycles. The van der Waals surface area contributed by atoms with Crippen LogP contribution in [0.2, 0.25) is 0 Å². The summed E-state index contributed by atoms with van der Waals surface area (Å²) >= 11 is 0. The number of aromatic carboxylic acids is 1. The summed E-state index contributed by atoms with van der Waals surface area (Å²) in [5.41, 5.74) is 8.26. The Kier molecular flexibility index (Phi) is 7.18. The number of halogens is 1. The van der Waals surface area contributed by atoms with Crippen molar-refractivity contribution >= 4 is 29.8 Å². The molecule has 0 heterocycles. The number of ether oxygens (including phenoxy) is 1. The Hall–Kier alpha value is -2.44. The summed E-state index contributed by atoms with van der Waals surface area (Å²) in [5, 5.41) is 20.9. The van der Waals surface area contributed by atoms with E-state index in [1.54, 1.807) is 42.5 Å². The fraction of sp³-hybridized carbons (Fsp3) is 0.188. The van der Waals surface area contributed by atoms with E-state index < -0.39 is 5.97 Å². The van der Waals surface area contributed by atoms with Gasteiger partial charge in [-0.1, -0.05) is 12.1 Å². The molecule has 7 heteroatoms. The number of benzene rings is 2. The lowest BCUT2D eigenvalue weighted by molar-refractivity contribution is 0.0697. The molecular formula is C16H19ClN2O4. The first kappa shape index (κ1) is 18.6. The van der Waals surface area contributed by atoms with Crippen LogP contribution in [0.5, 0.6) is 5.75 Å². The lowest BCUT2D eigenvalue weighted by Gasteiger charge is -2.13. The third-order valence-corrected chi connectivity index (χ3v) is 3.04. The molecule has 5 N–H and O–H groups in total. The van der Waals surface area contributed by atoms with Gasteiger partial charge in [-0.25, -0.2) is 4.79 Å². The number of hydrogen-bond acceptors (Lipinski definition) is 5. The maximum atomic E-state index is 10.8. The molecule has 0 aliphatic rings. The Labute approximate surface area is 140 Å². The SMILES string of the molecule is Cl.Nc1ccc(OCCO)c(NCc2ccc(C(=O)O)cc2)c1. The molecule has 0 atom stereocenters. The molecule has 0 saturated heterocycles. The number of carboxylic acid groups (broad SMARTS) is 1. The minimum Gasteiger partial charge on any atom is -0.489 e. The van der Waals surface area contributed by atoms with E-state index in [1.165, 1.54) is 0 Å². The number of nitrogen functional groups attached to an aromatic ring is 1. The summed E-state index contributed by atoms with van der Waals surface area (Å²) in [5.74, 6) is -0.347. The fourth-order valence-electron chi connectivity index (χ4n) is 1.93. The van der Waals surface area contributed by atoms with Crippen molar-refractivity contribution in [2.24, 2.45) is 0 Å². The maximum absolute atomic E-state index is 10.8. The predicted molar refractivity (Wildman–Crippen MR) is 91.4 cm³/mol. The highest BCUT2D eigenvalue weighted by Crippen LogP contribution is 2.27. The number of aliphatic hydroxyl groups is 1. The molecule has 2 rings (SSSR count). The molecule has 124 valence electrons. The van der Waals surface area contributed by atoms with Crippen LogP contribution in [0, 0.1) is 0 Å². The number of rotatable bonds is 7. The van der Waals surface area contributed by atoms with Crippen LogP contribution in [0.15, 0.2) is 42.5 Å². The predicted octanol–water partition coefficient (Wildman–Crippen LogP) is 2.37. The van der Waals surface area contributed by atoms with Crippen molar-refractivity contribution in [2.75, 3.05) is 24.3 Å². The molecule has 0 spiro atoms. The first-order valence-corrected chi connectivity index (χ1v) is 6.79. The van der Waals surface area contributed by atoms with Gasteiger partial charge in [0.15, 0.2) is 0 Å². The normalized spacial score (nSPS) is 9.78. The smallest absolute Gasteiger partial charge is 0.335 e. The van der Waals surface area contributed by atoms with E-state index in [9.17, 15) is 4.79 Å². The summed E-state index contributed by atoms with van der Waals surface area (Å²) in [6, 6.07) is 11.8. The Bertz CT molecular complexity index is 647. The first-order chi connectivity index (χ1) is 10.6. The molecular weight excluding hydrogens is 320 g/mol. The van der Waals surface area contributed by atoms with Crippen LogP contribution >= 0.6 is 12.4 Å². The summed E-state index contributed by atoms with van der Waals surface area (Å²) in [6.45, 7) is 0.630. The lowest BCUT2D eigenvalue weighted by Crippen LogP contribution is -2.07. The van der Waals surface area contributed by atoms with Gasteiger partial charge in [-0.05, 0) is 35.9 Å². The Morgan fingerprint density at radius 2 is 1.87 bits per heavy atom. The number of carbonyl (C=O) groups is 1. The van der Waals surface area contributed by atoms with E-state index >= 15 is 0 Å². The average Bonchev–Trinajstić information content (AvgIpc) is 2.52. The number of hydrogen-bond donors (Lipinski definition) is 4. The van der Waals surface area contributed by atoms with E-state index in [4.69, 9.17) is 20.7 Å². The summed E-state index contributed by atoms with van der Waals surface area (Å²) in [4.78, 5) is 10.8. The monoisotopic (exact) mass is 338 g/mol. The van der Waals surface area contributed by atoms with Gasteiger partial charge in [-0.3, -0.25) is 0 Å². The summed E-state index contributed by atoms with van der Waals surface area (Å²) in [6.07, 6.45) is 0. The summed E-state index contributed by atoms with van der Waals surface area (Å²) in [7, 11) is 0. The number of carboxylic acids is 1. The number of aliphatic hydroxyl groups excluding tert-OH is 1. The zero-order valence-corrected chi connectivity index (χ0v) is 13.2. The van der Waals surface area contributed by atoms with Gasteiger partial charge >= 0.3 is 5.97 Å². The molecule has 0 aliphatic carbocycles. The highest BCUT2D eigenvalue weighted by Gasteiger charge is 2.05. The van der Waals surface area contributed by atoms with E-state index in [0.29, 0.717) is 18.0 Å². The molecule has 6 nitrogen and oxygen atoms in total. The third kappa shape index (κ3) is 5.36. The Morgan fingerprint density at radius 1 is 1.17 bits per heavy atom. The second kappa shape index (κ2) is 8.87. The zero-order valence-electron chi connectivity index (χ0n) is 12.4. The van der Waals surface area contributed by atoms with Crippen molar-refractivity contribution < 1.29 is 19.7 Å². The highest BCUT2D eigenvalue weighted by atomic mass is 35.5. The van der Waals surface area contributed by atoms with Gasteiger partial charge in [0.2, 0.25) is 0 Å². The second-order valence-electron chi connectivity index (χ2n) is 4.68. The molecule has 0 aromatic heterocycles. The first-order valence-electron chi connectivity index (χ1n) is 6.79. The molecule has 2 aromatic rings. The molecule has 0 amide bonds. The summed E-state index contributed by atoms with van der Waals surface area (Å²) < 4.78 is 5.43. The van der Waals surface area contributed by atoms with Crippen LogP contribution in [0.1, 0.15) is 15.9 Å². The highest BCUT2D eigenvalue weighted by molar-refractivity contribution is 5.87. The van der Waals surface area contributed by atoms with Crippen LogP contribution in [0.3, 0.4) is 0 Å². The number of nitrogens with one attached hydrogen (secondary N) is 1. The van der Waals surface area contributed by atoms with E-state index in [-0.39, 0.29) is 31.2 Å². The molecule has 23 heavy (non-hydrogen) atoms. The maximum Gasteiger partial charge on any atom is 0.335 e. The van der Waals surface area contributed by atoms with Crippen molar-refractivity contribution in [1.29, 1.82) is 0 Å². The van der Waals surface area contributed by atoms with Crippen molar-refractivity contribution in [1.82, 2.24) is 0 Å². The second-order valence-corrected chi connectivity index (χ2v) is 4.68. The van der Waals surface area contributed by atoms with Crippen molar-refractivity contribution in [3.8, 4) is 5.75 Å². The minimum atomic E-state index is -0.949. The van der Waals surface area contributed by atoms with Crippen LogP contribution < -0.4 is 15.8 Å².